The molecule has 2 heteroatoms. The topological polar surface area (TPSA) is 13.1 Å². The van der Waals surface area contributed by atoms with Crippen LogP contribution in [0.3, 0.4) is 0 Å². The Morgan fingerprint density at radius 2 is 1.58 bits per heavy atom. The second kappa shape index (κ2) is 5.04. The van der Waals surface area contributed by atoms with E-state index in [1.54, 1.807) is 7.11 Å². The molecule has 1 heterocycles. The van der Waals surface area contributed by atoms with Crippen molar-refractivity contribution in [2.45, 2.75) is 27.7 Å². The second-order valence-electron chi connectivity index (χ2n) is 5.30. The molecule has 2 rings (SSSR count). The lowest BCUT2D eigenvalue weighted by atomic mass is 9.98. The predicted octanol–water partition coefficient (Wildman–Crippen LogP) is 3.42. The SMILES string of the molecule is COc1cc(-c2c(C)cc(C)c[n+]2C)c(C)cc1C. The number of aromatic nitrogens is 1. The predicted molar refractivity (Wildman–Crippen MR) is 78.6 cm³/mol. The van der Waals surface area contributed by atoms with Crippen LogP contribution in [0, 0.1) is 27.7 Å². The number of hydrogen-bond donors (Lipinski definition) is 0. The maximum Gasteiger partial charge on any atom is 0.215 e. The van der Waals surface area contributed by atoms with E-state index >= 15 is 0 Å². The quantitative estimate of drug-likeness (QED) is 0.750. The molecule has 0 aliphatic rings. The molecular formula is C17H22NO+. The Morgan fingerprint density at radius 1 is 0.895 bits per heavy atom. The van der Waals surface area contributed by atoms with E-state index in [1.165, 1.54) is 33.5 Å². The molecule has 100 valence electrons. The third-order valence-electron chi connectivity index (χ3n) is 3.56. The van der Waals surface area contributed by atoms with Gasteiger partial charge in [-0.05, 0) is 51.0 Å². The van der Waals surface area contributed by atoms with Crippen LogP contribution in [0.25, 0.3) is 11.3 Å². The largest absolute Gasteiger partial charge is 0.496 e. The number of rotatable bonds is 2. The first-order valence-corrected chi connectivity index (χ1v) is 6.56. The van der Waals surface area contributed by atoms with Gasteiger partial charge in [0.15, 0.2) is 6.20 Å². The molecule has 0 aliphatic carbocycles. The van der Waals surface area contributed by atoms with Crippen LogP contribution in [0.1, 0.15) is 22.3 Å². The van der Waals surface area contributed by atoms with Crippen LogP contribution in [0.4, 0.5) is 0 Å². The Bertz CT molecular complexity index is 606. The monoisotopic (exact) mass is 256 g/mol. The molecule has 0 aliphatic heterocycles. The van der Waals surface area contributed by atoms with Crippen molar-refractivity contribution in [2.24, 2.45) is 7.05 Å². The first kappa shape index (κ1) is 13.6. The lowest BCUT2D eigenvalue weighted by Crippen LogP contribution is -2.32. The Hall–Kier alpha value is -1.83. The van der Waals surface area contributed by atoms with Crippen LogP contribution in [0.2, 0.25) is 0 Å². The molecule has 0 spiro atoms. The highest BCUT2D eigenvalue weighted by Gasteiger charge is 2.18. The van der Waals surface area contributed by atoms with Gasteiger partial charge in [0.05, 0.1) is 12.7 Å². The van der Waals surface area contributed by atoms with Gasteiger partial charge in [0.2, 0.25) is 5.69 Å². The van der Waals surface area contributed by atoms with Crippen molar-refractivity contribution in [1.82, 2.24) is 0 Å². The van der Waals surface area contributed by atoms with E-state index in [9.17, 15) is 0 Å². The molecule has 1 aromatic heterocycles. The maximum absolute atomic E-state index is 5.46. The van der Waals surface area contributed by atoms with E-state index < -0.39 is 0 Å². The van der Waals surface area contributed by atoms with Gasteiger partial charge in [0.1, 0.15) is 12.8 Å². The van der Waals surface area contributed by atoms with Crippen LogP contribution in [0.5, 0.6) is 5.75 Å². The Balaban J connectivity index is 2.72. The van der Waals surface area contributed by atoms with E-state index in [1.807, 2.05) is 0 Å². The van der Waals surface area contributed by atoms with Crippen LogP contribution >= 0.6 is 0 Å². The average molecular weight is 256 g/mol. The summed E-state index contributed by atoms with van der Waals surface area (Å²) < 4.78 is 7.65. The highest BCUT2D eigenvalue weighted by molar-refractivity contribution is 5.67. The molecule has 0 N–H and O–H groups in total. The first-order chi connectivity index (χ1) is 8.93. The molecule has 0 bridgehead atoms. The third kappa shape index (κ3) is 2.48. The van der Waals surface area contributed by atoms with E-state index in [-0.39, 0.29) is 0 Å². The van der Waals surface area contributed by atoms with Gasteiger partial charge in [-0.2, -0.15) is 0 Å². The fraction of sp³-hybridized carbons (Fsp3) is 0.353. The molecule has 1 aromatic carbocycles. The van der Waals surface area contributed by atoms with Gasteiger partial charge in [-0.3, -0.25) is 0 Å². The maximum atomic E-state index is 5.46. The van der Waals surface area contributed by atoms with Gasteiger partial charge in [-0.1, -0.05) is 6.07 Å². The van der Waals surface area contributed by atoms with Gasteiger partial charge < -0.3 is 4.74 Å². The molecule has 0 atom stereocenters. The Morgan fingerprint density at radius 3 is 2.16 bits per heavy atom. The van der Waals surface area contributed by atoms with Gasteiger partial charge in [0.25, 0.3) is 0 Å². The molecule has 0 saturated heterocycles. The molecule has 2 nitrogen and oxygen atoms in total. The first-order valence-electron chi connectivity index (χ1n) is 6.56. The summed E-state index contributed by atoms with van der Waals surface area (Å²) in [4.78, 5) is 0. The van der Waals surface area contributed by atoms with Gasteiger partial charge in [-0.15, -0.1) is 0 Å². The summed E-state index contributed by atoms with van der Waals surface area (Å²) >= 11 is 0. The standard InChI is InChI=1S/C17H22NO/c1-11-7-14(4)17(18(5)10-11)15-9-16(19-6)13(3)8-12(15)2/h7-10H,1-6H3/q+1. The van der Waals surface area contributed by atoms with Crippen molar-refractivity contribution in [3.05, 3.63) is 46.6 Å². The number of hydrogen-bond acceptors (Lipinski definition) is 1. The van der Waals surface area contributed by atoms with Crippen LogP contribution in [-0.2, 0) is 7.05 Å². The molecule has 0 unspecified atom stereocenters. The average Bonchev–Trinajstić information content (AvgIpc) is 2.30. The van der Waals surface area contributed by atoms with E-state index in [2.05, 4.69) is 63.7 Å². The molecule has 0 amide bonds. The number of aryl methyl sites for hydroxylation is 5. The summed E-state index contributed by atoms with van der Waals surface area (Å²) in [5.41, 5.74) is 7.51. The van der Waals surface area contributed by atoms with Crippen molar-refractivity contribution in [3.63, 3.8) is 0 Å². The minimum absolute atomic E-state index is 0.945. The number of nitrogens with zero attached hydrogens (tertiary/aromatic N) is 1. The zero-order valence-corrected chi connectivity index (χ0v) is 12.7. The lowest BCUT2D eigenvalue weighted by Gasteiger charge is -2.12. The third-order valence-corrected chi connectivity index (χ3v) is 3.56. The normalized spacial score (nSPS) is 10.6. The number of benzene rings is 1. The van der Waals surface area contributed by atoms with Crippen molar-refractivity contribution < 1.29 is 9.30 Å². The summed E-state index contributed by atoms with van der Waals surface area (Å²) in [6, 6.07) is 6.55. The van der Waals surface area contributed by atoms with Gasteiger partial charge in [-0.25, -0.2) is 4.57 Å². The summed E-state index contributed by atoms with van der Waals surface area (Å²) in [5.74, 6) is 0.945. The molecule has 0 radical (unpaired) electrons. The van der Waals surface area contributed by atoms with Crippen molar-refractivity contribution in [1.29, 1.82) is 0 Å². The molecular weight excluding hydrogens is 234 g/mol. The summed E-state index contributed by atoms with van der Waals surface area (Å²) in [5, 5.41) is 0. The fourth-order valence-electron chi connectivity index (χ4n) is 2.81. The Labute approximate surface area is 115 Å². The molecule has 19 heavy (non-hydrogen) atoms. The smallest absolute Gasteiger partial charge is 0.215 e. The van der Waals surface area contributed by atoms with Crippen molar-refractivity contribution >= 4 is 0 Å². The van der Waals surface area contributed by atoms with Crippen LogP contribution in [-0.4, -0.2) is 7.11 Å². The minimum atomic E-state index is 0.945. The number of methoxy groups -OCH3 is 1. The van der Waals surface area contributed by atoms with Crippen molar-refractivity contribution in [3.8, 4) is 17.0 Å². The summed E-state index contributed by atoms with van der Waals surface area (Å²) in [6.45, 7) is 8.52. The number of pyridine rings is 1. The van der Waals surface area contributed by atoms with E-state index in [0.717, 1.165) is 5.75 Å². The minimum Gasteiger partial charge on any atom is -0.496 e. The van der Waals surface area contributed by atoms with Crippen LogP contribution in [0.15, 0.2) is 24.4 Å². The second-order valence-corrected chi connectivity index (χ2v) is 5.30. The molecule has 0 fully saturated rings. The molecule has 2 aromatic rings. The summed E-state index contributed by atoms with van der Waals surface area (Å²) in [7, 11) is 3.82. The van der Waals surface area contributed by atoms with Gasteiger partial charge in [0, 0.05) is 11.1 Å². The van der Waals surface area contributed by atoms with E-state index in [4.69, 9.17) is 4.74 Å². The highest BCUT2D eigenvalue weighted by atomic mass is 16.5. The fourth-order valence-corrected chi connectivity index (χ4v) is 2.81. The molecule has 0 saturated carbocycles. The van der Waals surface area contributed by atoms with Crippen molar-refractivity contribution in [2.75, 3.05) is 7.11 Å². The zero-order chi connectivity index (χ0) is 14.2. The summed E-state index contributed by atoms with van der Waals surface area (Å²) in [6.07, 6.45) is 2.16. The van der Waals surface area contributed by atoms with Gasteiger partial charge >= 0.3 is 0 Å². The lowest BCUT2D eigenvalue weighted by molar-refractivity contribution is -0.661. The Kier molecular flexibility index (Phi) is 3.61. The highest BCUT2D eigenvalue weighted by Crippen LogP contribution is 2.30. The zero-order valence-electron chi connectivity index (χ0n) is 12.7. The van der Waals surface area contributed by atoms with E-state index in [0.29, 0.717) is 0 Å². The van der Waals surface area contributed by atoms with Crippen LogP contribution < -0.4 is 9.30 Å². The number of ether oxygens (including phenoxy) is 1.